The topological polar surface area (TPSA) is 29.1 Å². The van der Waals surface area contributed by atoms with Gasteiger partial charge in [0.25, 0.3) is 0 Å². The van der Waals surface area contributed by atoms with Crippen molar-refractivity contribution in [2.75, 3.05) is 5.75 Å². The molecule has 2 nitrogen and oxygen atoms in total. The van der Waals surface area contributed by atoms with Crippen LogP contribution in [0.2, 0.25) is 0 Å². The van der Waals surface area contributed by atoms with Gasteiger partial charge in [-0.15, -0.1) is 11.8 Å². The average molecular weight is 173 g/mol. The molecule has 3 heteroatoms. The molecule has 1 atom stereocenters. The largest absolute Gasteiger partial charge is 0.349 e. The minimum atomic E-state index is -0.00653. The van der Waals surface area contributed by atoms with E-state index < -0.39 is 0 Å². The van der Waals surface area contributed by atoms with Crippen LogP contribution < -0.4 is 5.32 Å². The maximum absolute atomic E-state index is 11.3. The summed E-state index contributed by atoms with van der Waals surface area (Å²) in [5.41, 5.74) is -0.00653. The first kappa shape index (κ1) is 8.91. The zero-order valence-corrected chi connectivity index (χ0v) is 8.12. The monoisotopic (exact) mass is 173 g/mol. The summed E-state index contributed by atoms with van der Waals surface area (Å²) >= 11 is 1.77. The third kappa shape index (κ3) is 2.12. The van der Waals surface area contributed by atoms with Crippen LogP contribution in [0.1, 0.15) is 27.2 Å². The van der Waals surface area contributed by atoms with Gasteiger partial charge in [-0.2, -0.15) is 0 Å². The highest BCUT2D eigenvalue weighted by molar-refractivity contribution is 8.00. The summed E-state index contributed by atoms with van der Waals surface area (Å²) < 4.78 is 0. The molecule has 1 fully saturated rings. The maximum atomic E-state index is 11.3. The van der Waals surface area contributed by atoms with E-state index in [1.165, 1.54) is 0 Å². The Labute approximate surface area is 72.1 Å². The van der Waals surface area contributed by atoms with Gasteiger partial charge in [-0.25, -0.2) is 0 Å². The van der Waals surface area contributed by atoms with E-state index in [1.54, 1.807) is 11.8 Å². The summed E-state index contributed by atoms with van der Waals surface area (Å²) in [6.45, 7) is 6.17. The molecule has 11 heavy (non-hydrogen) atoms. The fraction of sp³-hybridized carbons (Fsp3) is 0.875. The second-order valence-electron chi connectivity index (χ2n) is 3.58. The SMILES string of the molecule is CC[C@@H]1SCC(C)(C)NC1=O. The summed E-state index contributed by atoms with van der Waals surface area (Å²) in [4.78, 5) is 11.3. The molecule has 0 aliphatic carbocycles. The second kappa shape index (κ2) is 3.05. The van der Waals surface area contributed by atoms with Crippen molar-refractivity contribution in [2.24, 2.45) is 0 Å². The molecular weight excluding hydrogens is 158 g/mol. The number of hydrogen-bond acceptors (Lipinski definition) is 2. The first-order chi connectivity index (χ1) is 5.05. The van der Waals surface area contributed by atoms with Gasteiger partial charge in [-0.1, -0.05) is 6.92 Å². The lowest BCUT2D eigenvalue weighted by Gasteiger charge is -2.34. The van der Waals surface area contributed by atoms with E-state index in [4.69, 9.17) is 0 Å². The van der Waals surface area contributed by atoms with Crippen LogP contribution in [-0.2, 0) is 4.79 Å². The van der Waals surface area contributed by atoms with Gasteiger partial charge in [0.2, 0.25) is 5.91 Å². The Hall–Kier alpha value is -0.180. The number of thioether (sulfide) groups is 1. The highest BCUT2D eigenvalue weighted by Crippen LogP contribution is 2.25. The Morgan fingerprint density at radius 2 is 2.36 bits per heavy atom. The van der Waals surface area contributed by atoms with E-state index in [0.717, 1.165) is 12.2 Å². The van der Waals surface area contributed by atoms with Gasteiger partial charge in [0.1, 0.15) is 0 Å². The van der Waals surface area contributed by atoms with Gasteiger partial charge in [-0.05, 0) is 20.3 Å². The van der Waals surface area contributed by atoms with Crippen LogP contribution in [-0.4, -0.2) is 22.4 Å². The lowest BCUT2D eigenvalue weighted by molar-refractivity contribution is -0.122. The summed E-state index contributed by atoms with van der Waals surface area (Å²) in [5.74, 6) is 1.23. The summed E-state index contributed by atoms with van der Waals surface area (Å²) in [6, 6.07) is 0. The average Bonchev–Trinajstić information content (AvgIpc) is 1.86. The molecule has 0 bridgehead atoms. The molecule has 1 aliphatic rings. The maximum Gasteiger partial charge on any atom is 0.233 e. The van der Waals surface area contributed by atoms with Gasteiger partial charge < -0.3 is 5.32 Å². The number of nitrogens with one attached hydrogen (secondary N) is 1. The minimum Gasteiger partial charge on any atom is -0.349 e. The highest BCUT2D eigenvalue weighted by atomic mass is 32.2. The zero-order chi connectivity index (χ0) is 8.48. The van der Waals surface area contributed by atoms with Crippen LogP contribution in [0.25, 0.3) is 0 Å². The highest BCUT2D eigenvalue weighted by Gasteiger charge is 2.31. The predicted molar refractivity (Wildman–Crippen MR) is 48.8 cm³/mol. The Morgan fingerprint density at radius 1 is 1.73 bits per heavy atom. The molecule has 1 heterocycles. The molecule has 0 unspecified atom stereocenters. The molecule has 0 spiro atoms. The Kier molecular flexibility index (Phi) is 2.47. The zero-order valence-electron chi connectivity index (χ0n) is 7.31. The predicted octanol–water partition coefficient (Wildman–Crippen LogP) is 1.41. The van der Waals surface area contributed by atoms with E-state index in [9.17, 15) is 4.79 Å². The number of carbonyl (C=O) groups excluding carboxylic acids is 1. The van der Waals surface area contributed by atoms with Gasteiger partial charge >= 0.3 is 0 Å². The summed E-state index contributed by atoms with van der Waals surface area (Å²) in [7, 11) is 0. The quantitative estimate of drug-likeness (QED) is 0.649. The van der Waals surface area contributed by atoms with Gasteiger partial charge in [0.05, 0.1) is 5.25 Å². The van der Waals surface area contributed by atoms with E-state index >= 15 is 0 Å². The van der Waals surface area contributed by atoms with Gasteiger partial charge in [-0.3, -0.25) is 4.79 Å². The molecule has 0 aromatic rings. The molecule has 1 saturated heterocycles. The smallest absolute Gasteiger partial charge is 0.233 e. The Morgan fingerprint density at radius 3 is 2.82 bits per heavy atom. The fourth-order valence-electron chi connectivity index (χ4n) is 1.14. The van der Waals surface area contributed by atoms with E-state index in [-0.39, 0.29) is 16.7 Å². The van der Waals surface area contributed by atoms with Crippen molar-refractivity contribution in [1.82, 2.24) is 5.32 Å². The van der Waals surface area contributed by atoms with Crippen LogP contribution in [0.5, 0.6) is 0 Å². The molecule has 0 aromatic carbocycles. The Bertz CT molecular complexity index is 167. The van der Waals surface area contributed by atoms with Crippen LogP contribution in [0.3, 0.4) is 0 Å². The minimum absolute atomic E-state index is 0.00653. The van der Waals surface area contributed by atoms with Crippen molar-refractivity contribution in [2.45, 2.75) is 38.0 Å². The van der Waals surface area contributed by atoms with Crippen molar-refractivity contribution in [1.29, 1.82) is 0 Å². The molecule has 1 amide bonds. The molecule has 0 saturated carbocycles. The molecule has 64 valence electrons. The van der Waals surface area contributed by atoms with Crippen molar-refractivity contribution in [3.63, 3.8) is 0 Å². The van der Waals surface area contributed by atoms with E-state index in [2.05, 4.69) is 26.1 Å². The number of amides is 1. The standard InChI is InChI=1S/C8H15NOS/c1-4-6-7(10)9-8(2,3)5-11-6/h6H,4-5H2,1-3H3,(H,9,10)/t6-/m0/s1. The van der Waals surface area contributed by atoms with Crippen molar-refractivity contribution < 1.29 is 4.79 Å². The van der Waals surface area contributed by atoms with Crippen molar-refractivity contribution >= 4 is 17.7 Å². The second-order valence-corrected chi connectivity index (χ2v) is 4.77. The Balaban J connectivity index is 2.55. The summed E-state index contributed by atoms with van der Waals surface area (Å²) in [5, 5.41) is 3.18. The van der Waals surface area contributed by atoms with Gasteiger partial charge in [0.15, 0.2) is 0 Å². The summed E-state index contributed by atoms with van der Waals surface area (Å²) in [6.07, 6.45) is 0.937. The van der Waals surface area contributed by atoms with E-state index in [0.29, 0.717) is 0 Å². The number of hydrogen-bond donors (Lipinski definition) is 1. The third-order valence-electron chi connectivity index (χ3n) is 1.77. The molecule has 0 aromatic heterocycles. The van der Waals surface area contributed by atoms with Crippen molar-refractivity contribution in [3.05, 3.63) is 0 Å². The van der Waals surface area contributed by atoms with Crippen LogP contribution in [0.4, 0.5) is 0 Å². The first-order valence-electron chi connectivity index (χ1n) is 3.99. The van der Waals surface area contributed by atoms with Crippen molar-refractivity contribution in [3.8, 4) is 0 Å². The molecule has 1 aliphatic heterocycles. The van der Waals surface area contributed by atoms with Crippen LogP contribution >= 0.6 is 11.8 Å². The molecule has 1 N–H and O–H groups in total. The lowest BCUT2D eigenvalue weighted by atomic mass is 10.1. The molecule has 1 rings (SSSR count). The number of carbonyl (C=O) groups is 1. The fourth-order valence-corrected chi connectivity index (χ4v) is 2.27. The number of rotatable bonds is 1. The third-order valence-corrected chi connectivity index (χ3v) is 3.61. The molecule has 0 radical (unpaired) electrons. The molecular formula is C8H15NOS. The lowest BCUT2D eigenvalue weighted by Crippen LogP contribution is -2.53. The van der Waals surface area contributed by atoms with Gasteiger partial charge in [0, 0.05) is 11.3 Å². The van der Waals surface area contributed by atoms with E-state index in [1.807, 2.05) is 0 Å². The normalized spacial score (nSPS) is 29.7. The van der Waals surface area contributed by atoms with Crippen LogP contribution in [0, 0.1) is 0 Å². The van der Waals surface area contributed by atoms with Crippen LogP contribution in [0.15, 0.2) is 0 Å². The first-order valence-corrected chi connectivity index (χ1v) is 5.03.